The first-order valence-electron chi connectivity index (χ1n) is 0.911. The van der Waals surface area contributed by atoms with E-state index in [1.807, 2.05) is 0 Å². The molecule has 0 aromatic carbocycles. The maximum absolute atomic E-state index is 4.64. The van der Waals surface area contributed by atoms with Crippen molar-refractivity contribution in [2.75, 3.05) is 0 Å². The number of hydrogen-bond donors (Lipinski definition) is 0. The summed E-state index contributed by atoms with van der Waals surface area (Å²) in [5.41, 5.74) is 0. The highest BCUT2D eigenvalue weighted by Crippen LogP contribution is 0.621. The average molecular weight is 63.5 g/mol. The first kappa shape index (κ1) is 8.83. The summed E-state index contributed by atoms with van der Waals surface area (Å²) >= 11 is 0. The zero-order valence-electron chi connectivity index (χ0n) is 2.73. The molecule has 0 aliphatic rings. The van der Waals surface area contributed by atoms with Crippen molar-refractivity contribution < 1.29 is 0 Å². The Labute approximate surface area is 33.9 Å². The lowest BCUT2D eigenvalue weighted by molar-refractivity contribution is 4.75. The third-order valence-corrected chi connectivity index (χ3v) is 0. The van der Waals surface area contributed by atoms with Gasteiger partial charge in [0.1, 0.15) is 0 Å². The monoisotopic (exact) mass is 64.0 g/mol. The number of rotatable bonds is 0. The molecule has 0 N–H and O–H groups in total. The highest BCUT2D eigenvalue weighted by Gasteiger charge is 1.00. The Hall–Kier alpha value is 0.412. The summed E-state index contributed by atoms with van der Waals surface area (Å²) in [6, 6.07) is 0. The fraction of sp³-hybridized carbons (Fsp3) is 0. The van der Waals surface area contributed by atoms with E-state index >= 15 is 0 Å². The van der Waals surface area contributed by atoms with Crippen molar-refractivity contribution in [2.45, 2.75) is 0 Å². The molecule has 0 aliphatic carbocycles. The molecule has 4 heavy (non-hydrogen) atoms. The lowest BCUT2D eigenvalue weighted by atomic mass is 9.81. The van der Waals surface area contributed by atoms with Crippen LogP contribution in [0.25, 0.3) is 0 Å². The van der Waals surface area contributed by atoms with Gasteiger partial charge in [-0.3, -0.25) is 0 Å². The van der Waals surface area contributed by atoms with E-state index in [4.69, 9.17) is 0 Å². The zero-order valence-corrected chi connectivity index (χ0v) is 4.73. The van der Waals surface area contributed by atoms with Gasteiger partial charge in [-0.2, -0.15) is 0 Å². The van der Waals surface area contributed by atoms with Crippen molar-refractivity contribution in [3.8, 4) is 0 Å². The molecule has 0 heterocycles. The lowest BCUT2D eigenvalue weighted by Crippen LogP contribution is -1.38. The summed E-state index contributed by atoms with van der Waals surface area (Å²) in [7, 11) is 13.4. The van der Waals surface area contributed by atoms with Gasteiger partial charge in [-0.05, 0) is 10.1 Å². The van der Waals surface area contributed by atoms with Gasteiger partial charge in [-0.15, -0.1) is 0 Å². The molecule has 0 nitrogen and oxygen atoms in total. The van der Waals surface area contributed by atoms with Gasteiger partial charge in [0, 0.05) is 22.9 Å². The second-order valence-electron chi connectivity index (χ2n) is 0. The van der Waals surface area contributed by atoms with Gasteiger partial charge in [-0.1, -0.05) is 0 Å². The SMILES string of the molecule is [B][B].[B][SiH3]. The summed E-state index contributed by atoms with van der Waals surface area (Å²) in [5, 5.41) is 0. The van der Waals surface area contributed by atoms with E-state index in [-0.39, 0.29) is 0 Å². The van der Waals surface area contributed by atoms with E-state index in [1.54, 1.807) is 0 Å². The van der Waals surface area contributed by atoms with Gasteiger partial charge in [0.15, 0.2) is 0 Å². The first-order chi connectivity index (χ1) is 2.00. The fourth-order valence-corrected chi connectivity index (χ4v) is 0. The van der Waals surface area contributed by atoms with Gasteiger partial charge in [0.2, 0.25) is 0 Å². The van der Waals surface area contributed by atoms with Crippen molar-refractivity contribution in [1.29, 1.82) is 0 Å². The third kappa shape index (κ3) is 28.4. The van der Waals surface area contributed by atoms with Crippen LogP contribution in [-0.4, -0.2) is 33.0 Å². The van der Waals surface area contributed by atoms with Gasteiger partial charge in [0.05, 0.1) is 0 Å². The largest absolute Gasteiger partial charge is 0.0434 e. The van der Waals surface area contributed by atoms with E-state index in [9.17, 15) is 0 Å². The van der Waals surface area contributed by atoms with Crippen molar-refractivity contribution in [3.63, 3.8) is 0 Å². The molecular formula is H3B3Si. The third-order valence-electron chi connectivity index (χ3n) is 0. The summed E-state index contributed by atoms with van der Waals surface area (Å²) in [4.78, 5) is 0. The topological polar surface area (TPSA) is 0 Å². The molecule has 0 saturated heterocycles. The first-order valence-corrected chi connectivity index (χ1v) is 2.07. The quantitative estimate of drug-likeness (QED) is 0.277. The molecule has 0 rings (SSSR count). The summed E-state index contributed by atoms with van der Waals surface area (Å²) in [6.45, 7) is 0. The Morgan fingerprint density at radius 2 is 1.00 bits per heavy atom. The predicted molar refractivity (Wildman–Crippen MR) is 27.2 cm³/mol. The van der Waals surface area contributed by atoms with Crippen LogP contribution in [0.3, 0.4) is 0 Å². The summed E-state index contributed by atoms with van der Waals surface area (Å²) < 4.78 is 0. The minimum absolute atomic E-state index is 0.806. The molecule has 0 aliphatic heterocycles. The van der Waals surface area contributed by atoms with E-state index in [1.165, 1.54) is 0 Å². The lowest BCUT2D eigenvalue weighted by Gasteiger charge is -1.000. The Morgan fingerprint density at radius 3 is 1.00 bits per heavy atom. The second kappa shape index (κ2) is 117. The van der Waals surface area contributed by atoms with E-state index in [0.29, 0.717) is 0 Å². The highest BCUT2D eigenvalue weighted by molar-refractivity contribution is 6.76. The van der Waals surface area contributed by atoms with Crippen LogP contribution in [0, 0.1) is 0 Å². The molecule has 0 aromatic rings. The molecule has 0 atom stereocenters. The average Bonchev–Trinajstić information content (AvgIpc) is 1.50. The maximum atomic E-state index is 4.64. The minimum atomic E-state index is 0.806. The maximum Gasteiger partial charge on any atom is 0.0434 e. The Balaban J connectivity index is 0. The fourth-order valence-electron chi connectivity index (χ4n) is 0. The molecule has 0 saturated carbocycles. The molecule has 0 spiro atoms. The van der Waals surface area contributed by atoms with Crippen molar-refractivity contribution in [2.24, 2.45) is 0 Å². The van der Waals surface area contributed by atoms with Crippen molar-refractivity contribution >= 4 is 33.0 Å². The van der Waals surface area contributed by atoms with Gasteiger partial charge < -0.3 is 0 Å². The standard InChI is InChI=1S/B2.BH3Si/c2*1-2/h;2H3. The Bertz CT molecular complexity index is 3.25. The molecule has 0 unspecified atom stereocenters. The molecule has 4 heteroatoms. The van der Waals surface area contributed by atoms with Crippen LogP contribution in [0.4, 0.5) is 0 Å². The van der Waals surface area contributed by atoms with E-state index in [0.717, 1.165) is 10.1 Å². The summed E-state index contributed by atoms with van der Waals surface area (Å²) in [6.07, 6.45) is 0. The normalized spacial score (nSPS) is 3.00. The van der Waals surface area contributed by atoms with E-state index in [2.05, 4.69) is 22.9 Å². The molecule has 6 radical (unpaired) electrons. The molecule has 0 bridgehead atoms. The van der Waals surface area contributed by atoms with Crippen LogP contribution in [0.2, 0.25) is 0 Å². The molecule has 0 amide bonds. The van der Waals surface area contributed by atoms with Crippen LogP contribution in [0.1, 0.15) is 0 Å². The molecule has 0 fully saturated rings. The van der Waals surface area contributed by atoms with Gasteiger partial charge >= 0.3 is 0 Å². The predicted octanol–water partition coefficient (Wildman–Crippen LogP) is -2.33. The minimum Gasteiger partial charge on any atom is -0.0388 e. The molecular weight excluding hydrogens is 60.5 g/mol. The van der Waals surface area contributed by atoms with Crippen LogP contribution >= 0.6 is 0 Å². The van der Waals surface area contributed by atoms with Crippen molar-refractivity contribution in [3.05, 3.63) is 0 Å². The van der Waals surface area contributed by atoms with Crippen LogP contribution < -0.4 is 0 Å². The van der Waals surface area contributed by atoms with Gasteiger partial charge in [-0.25, -0.2) is 0 Å². The second-order valence-corrected chi connectivity index (χ2v) is 0. The molecule has 0 aromatic heterocycles. The number of hydrogen-bond acceptors (Lipinski definition) is 0. The Kier molecular flexibility index (Phi) is 258. The Morgan fingerprint density at radius 1 is 1.00 bits per heavy atom. The van der Waals surface area contributed by atoms with Crippen LogP contribution in [0.5, 0.6) is 0 Å². The van der Waals surface area contributed by atoms with Crippen LogP contribution in [-0.2, 0) is 0 Å². The van der Waals surface area contributed by atoms with E-state index < -0.39 is 0 Å². The summed E-state index contributed by atoms with van der Waals surface area (Å²) in [5.74, 6) is 0. The van der Waals surface area contributed by atoms with Gasteiger partial charge in [0.25, 0.3) is 0 Å². The smallest absolute Gasteiger partial charge is 0.0388 e. The molecule has 16 valence electrons. The zero-order chi connectivity index (χ0) is 4.00. The van der Waals surface area contributed by atoms with Crippen LogP contribution in [0.15, 0.2) is 0 Å². The van der Waals surface area contributed by atoms with Crippen molar-refractivity contribution in [1.82, 2.24) is 0 Å². The highest BCUT2D eigenvalue weighted by atomic mass is 28.1.